The molecule has 2 aromatic carbocycles. The maximum absolute atomic E-state index is 14.1. The van der Waals surface area contributed by atoms with Gasteiger partial charge in [-0.15, -0.1) is 0 Å². The summed E-state index contributed by atoms with van der Waals surface area (Å²) >= 11 is 0. The number of aryl methyl sites for hydroxylation is 1. The zero-order chi connectivity index (χ0) is 26.6. The highest BCUT2D eigenvalue weighted by molar-refractivity contribution is 5.90. The van der Waals surface area contributed by atoms with Gasteiger partial charge in [-0.2, -0.15) is 0 Å². The van der Waals surface area contributed by atoms with Crippen molar-refractivity contribution in [2.24, 2.45) is 5.92 Å². The molecule has 2 heterocycles. The molecule has 200 valence electrons. The Morgan fingerprint density at radius 3 is 2.47 bits per heavy atom. The van der Waals surface area contributed by atoms with Crippen LogP contribution in [0.15, 0.2) is 48.5 Å². The van der Waals surface area contributed by atoms with Gasteiger partial charge < -0.3 is 15.5 Å². The normalized spacial score (nSPS) is 19.9. The molecule has 7 heteroatoms. The highest BCUT2D eigenvalue weighted by atomic mass is 16.2. The number of nitrogens with zero attached hydrogens (tertiary/aromatic N) is 3. The van der Waals surface area contributed by atoms with Gasteiger partial charge in [0.1, 0.15) is 11.9 Å². The van der Waals surface area contributed by atoms with Gasteiger partial charge in [-0.05, 0) is 75.4 Å². The van der Waals surface area contributed by atoms with Gasteiger partial charge in [0, 0.05) is 12.1 Å². The molecule has 1 unspecified atom stereocenters. The van der Waals surface area contributed by atoms with Gasteiger partial charge in [-0.3, -0.25) is 9.59 Å². The molecule has 3 aromatic rings. The lowest BCUT2D eigenvalue weighted by Gasteiger charge is -2.35. The molecule has 0 bridgehead atoms. The zero-order valence-corrected chi connectivity index (χ0v) is 22.7. The summed E-state index contributed by atoms with van der Waals surface area (Å²) in [5.74, 6) is 0.777. The zero-order valence-electron chi connectivity index (χ0n) is 22.7. The second-order valence-electron chi connectivity index (χ2n) is 10.9. The smallest absolute Gasteiger partial charge is 0.246 e. The average molecular weight is 514 g/mol. The molecule has 5 rings (SSSR count). The van der Waals surface area contributed by atoms with E-state index in [1.165, 1.54) is 17.2 Å². The minimum absolute atomic E-state index is 0.0274. The number of aromatic nitrogens is 2. The summed E-state index contributed by atoms with van der Waals surface area (Å²) in [6.45, 7) is 4.42. The van der Waals surface area contributed by atoms with Crippen molar-refractivity contribution < 1.29 is 9.59 Å². The van der Waals surface area contributed by atoms with Crippen LogP contribution in [0.25, 0.3) is 22.0 Å². The third kappa shape index (κ3) is 5.58. The molecule has 1 aromatic heterocycles. The Morgan fingerprint density at radius 1 is 0.947 bits per heavy atom. The molecule has 7 nitrogen and oxygen atoms in total. The Morgan fingerprint density at radius 2 is 1.71 bits per heavy atom. The molecule has 1 saturated carbocycles. The van der Waals surface area contributed by atoms with Crippen LogP contribution in [0.5, 0.6) is 0 Å². The first-order valence-electron chi connectivity index (χ1n) is 14.1. The van der Waals surface area contributed by atoms with Crippen molar-refractivity contribution in [2.45, 2.75) is 76.9 Å². The van der Waals surface area contributed by atoms with E-state index in [-0.39, 0.29) is 29.8 Å². The van der Waals surface area contributed by atoms with Gasteiger partial charge >= 0.3 is 0 Å². The number of fused-ring (bicyclic) bond motifs is 1. The minimum Gasteiger partial charge on any atom is -0.343 e. The molecule has 2 aliphatic rings. The molecule has 0 spiro atoms. The van der Waals surface area contributed by atoms with E-state index in [1.807, 2.05) is 36.9 Å². The van der Waals surface area contributed by atoms with E-state index in [0.29, 0.717) is 12.4 Å². The number of amides is 2. The second-order valence-corrected chi connectivity index (χ2v) is 10.9. The van der Waals surface area contributed by atoms with E-state index in [2.05, 4.69) is 41.0 Å². The number of likely N-dealkylation sites (tertiary alicyclic amines) is 1. The van der Waals surface area contributed by atoms with Gasteiger partial charge in [0.25, 0.3) is 0 Å². The molecule has 38 heavy (non-hydrogen) atoms. The quantitative estimate of drug-likeness (QED) is 0.467. The summed E-state index contributed by atoms with van der Waals surface area (Å²) in [5, 5.41) is 8.49. The van der Waals surface area contributed by atoms with Crippen LogP contribution in [-0.4, -0.2) is 52.4 Å². The highest BCUT2D eigenvalue weighted by Crippen LogP contribution is 2.36. The summed E-state index contributed by atoms with van der Waals surface area (Å²) in [6, 6.07) is 15.8. The van der Waals surface area contributed by atoms with E-state index < -0.39 is 6.04 Å². The van der Waals surface area contributed by atoms with E-state index in [1.54, 1.807) is 7.05 Å². The monoisotopic (exact) mass is 513 g/mol. The molecule has 1 aliphatic carbocycles. The summed E-state index contributed by atoms with van der Waals surface area (Å²) in [4.78, 5) is 38.5. The largest absolute Gasteiger partial charge is 0.343 e. The fourth-order valence-electron chi connectivity index (χ4n) is 6.03. The summed E-state index contributed by atoms with van der Waals surface area (Å²) in [7, 11) is 1.77. The number of carbonyl (C=O) groups excluding carboxylic acids is 2. The predicted octanol–water partition coefficient (Wildman–Crippen LogP) is 4.94. The first-order valence-corrected chi connectivity index (χ1v) is 14.1. The maximum atomic E-state index is 14.1. The van der Waals surface area contributed by atoms with Gasteiger partial charge in [-0.1, -0.05) is 55.7 Å². The molecule has 1 saturated heterocycles. The minimum atomic E-state index is -0.498. The molecule has 0 radical (unpaired) electrons. The number of nitrogens with one attached hydrogen (secondary N) is 2. The van der Waals surface area contributed by atoms with Crippen molar-refractivity contribution in [3.8, 4) is 11.3 Å². The van der Waals surface area contributed by atoms with Gasteiger partial charge in [0.2, 0.25) is 11.8 Å². The highest BCUT2D eigenvalue weighted by Gasteiger charge is 2.39. The number of benzene rings is 2. The van der Waals surface area contributed by atoms with Crippen molar-refractivity contribution in [3.05, 3.63) is 60.0 Å². The van der Waals surface area contributed by atoms with Crippen molar-refractivity contribution in [3.63, 3.8) is 0 Å². The number of hydrogen-bond acceptors (Lipinski definition) is 5. The second kappa shape index (κ2) is 11.6. The lowest BCUT2D eigenvalue weighted by molar-refractivity contribution is -0.139. The molecule has 2 N–H and O–H groups in total. The summed E-state index contributed by atoms with van der Waals surface area (Å²) < 4.78 is 0. The van der Waals surface area contributed by atoms with Gasteiger partial charge in [0.15, 0.2) is 0 Å². The van der Waals surface area contributed by atoms with Crippen molar-refractivity contribution in [1.29, 1.82) is 0 Å². The first-order chi connectivity index (χ1) is 18.4. The van der Waals surface area contributed by atoms with Crippen LogP contribution in [0, 0.1) is 12.8 Å². The average Bonchev–Trinajstić information content (AvgIpc) is 3.45. The molecule has 2 amide bonds. The lowest BCUT2D eigenvalue weighted by atomic mass is 9.83. The van der Waals surface area contributed by atoms with Crippen molar-refractivity contribution >= 4 is 22.6 Å². The van der Waals surface area contributed by atoms with Gasteiger partial charge in [0.05, 0.1) is 23.5 Å². The Balaban J connectivity index is 1.43. The van der Waals surface area contributed by atoms with Crippen LogP contribution in [0.4, 0.5) is 0 Å². The predicted molar refractivity (Wildman–Crippen MR) is 150 cm³/mol. The van der Waals surface area contributed by atoms with Crippen LogP contribution in [0.3, 0.4) is 0 Å². The van der Waals surface area contributed by atoms with Crippen LogP contribution in [0.2, 0.25) is 0 Å². The number of likely N-dealkylation sites (N-methyl/N-ethyl adjacent to an activating group) is 1. The number of rotatable bonds is 7. The molecule has 2 fully saturated rings. The summed E-state index contributed by atoms with van der Waals surface area (Å²) in [5.41, 5.74) is 2.79. The fraction of sp³-hybridized carbons (Fsp3) is 0.484. The van der Waals surface area contributed by atoms with Crippen LogP contribution in [0.1, 0.15) is 69.4 Å². The molecular formula is C31H39N5O2. The van der Waals surface area contributed by atoms with E-state index in [4.69, 9.17) is 9.97 Å². The number of hydrogen-bond donors (Lipinski definition) is 2. The Hall–Kier alpha value is -3.32. The van der Waals surface area contributed by atoms with Crippen molar-refractivity contribution in [1.82, 2.24) is 25.5 Å². The van der Waals surface area contributed by atoms with Crippen LogP contribution in [-0.2, 0) is 9.59 Å². The Kier molecular flexibility index (Phi) is 8.03. The third-order valence-electron chi connectivity index (χ3n) is 8.29. The topological polar surface area (TPSA) is 87.2 Å². The van der Waals surface area contributed by atoms with Gasteiger partial charge in [-0.25, -0.2) is 9.97 Å². The maximum Gasteiger partial charge on any atom is 0.246 e. The third-order valence-corrected chi connectivity index (χ3v) is 8.29. The van der Waals surface area contributed by atoms with Crippen LogP contribution < -0.4 is 10.6 Å². The molecule has 3 atom stereocenters. The Labute approximate surface area is 225 Å². The van der Waals surface area contributed by atoms with Crippen molar-refractivity contribution in [2.75, 3.05) is 13.6 Å². The SMILES string of the molecule is CNC(C)C(=O)N[C@H](C(=O)N1CCC[C@H]1c1cc(-c2ccc3ccccc3c2)nc(C)n1)C1CCCCC1. The number of carbonyl (C=O) groups is 2. The van der Waals surface area contributed by atoms with Crippen LogP contribution >= 0.6 is 0 Å². The molecular weight excluding hydrogens is 474 g/mol. The summed E-state index contributed by atoms with van der Waals surface area (Å²) in [6.07, 6.45) is 7.14. The van der Waals surface area contributed by atoms with E-state index in [9.17, 15) is 9.59 Å². The molecule has 1 aliphatic heterocycles. The lowest BCUT2D eigenvalue weighted by Crippen LogP contribution is -2.55. The first kappa shape index (κ1) is 26.3. The Bertz CT molecular complexity index is 1300. The van der Waals surface area contributed by atoms with E-state index >= 15 is 0 Å². The standard InChI is InChI=1S/C31H39N5O2/c1-20(32-3)30(37)35-29(23-11-5-4-6-12-23)31(38)36-17-9-14-28(36)27-19-26(33-21(2)34-27)25-16-15-22-10-7-8-13-24(22)18-25/h7-8,10,13,15-16,18-20,23,28-29,32H,4-6,9,11-12,14,17H2,1-3H3,(H,35,37)/t20?,28-,29-/m0/s1. The van der Waals surface area contributed by atoms with E-state index in [0.717, 1.165) is 55.5 Å². The fourth-order valence-corrected chi connectivity index (χ4v) is 6.03.